The lowest BCUT2D eigenvalue weighted by atomic mass is 10.3. The fraction of sp³-hybridized carbons (Fsp3) is 0.643. The van der Waals surface area contributed by atoms with Gasteiger partial charge in [0.25, 0.3) is 0 Å². The topological polar surface area (TPSA) is 62.3 Å². The molecule has 0 amide bonds. The molecule has 0 spiro atoms. The molecule has 6 heteroatoms. The maximum Gasteiger partial charge on any atom is 0.214 e. The van der Waals surface area contributed by atoms with Gasteiger partial charge in [-0.25, -0.2) is 12.7 Å². The minimum Gasteiger partial charge on any atom is -0.315 e. The zero-order valence-corrected chi connectivity index (χ0v) is 13.4. The predicted molar refractivity (Wildman–Crippen MR) is 81.9 cm³/mol. The summed E-state index contributed by atoms with van der Waals surface area (Å²) in [5.74, 6) is 0.203. The first-order valence-corrected chi connectivity index (χ1v) is 8.59. The van der Waals surface area contributed by atoms with Crippen molar-refractivity contribution in [2.24, 2.45) is 0 Å². The number of hydrogen-bond acceptors (Lipinski definition) is 4. The summed E-state index contributed by atoms with van der Waals surface area (Å²) in [6, 6.07) is 4.11. The van der Waals surface area contributed by atoms with Crippen LogP contribution in [0.2, 0.25) is 0 Å². The van der Waals surface area contributed by atoms with Crippen LogP contribution in [0.5, 0.6) is 0 Å². The summed E-state index contributed by atoms with van der Waals surface area (Å²) < 4.78 is 25.7. The molecule has 5 nitrogen and oxygen atoms in total. The number of rotatable bonds is 9. The Hall–Kier alpha value is -0.980. The van der Waals surface area contributed by atoms with Gasteiger partial charge in [-0.2, -0.15) is 0 Å². The Morgan fingerprint density at radius 2 is 1.90 bits per heavy atom. The molecule has 0 aliphatic rings. The summed E-state index contributed by atoms with van der Waals surface area (Å²) in [6.07, 6.45) is 4.91. The third-order valence-corrected chi connectivity index (χ3v) is 4.89. The average molecular weight is 299 g/mol. The summed E-state index contributed by atoms with van der Waals surface area (Å²) in [5, 5.41) is 3.29. The molecule has 0 saturated carbocycles. The highest BCUT2D eigenvalue weighted by atomic mass is 32.2. The van der Waals surface area contributed by atoms with Crippen LogP contribution in [-0.4, -0.2) is 43.1 Å². The quantitative estimate of drug-likeness (QED) is 0.704. The van der Waals surface area contributed by atoms with Gasteiger partial charge in [0, 0.05) is 32.0 Å². The number of hydrogen-bond donors (Lipinski definition) is 1. The van der Waals surface area contributed by atoms with Gasteiger partial charge in [-0.1, -0.05) is 13.8 Å². The SMILES string of the molecule is CC(C)NCCCCS(=O)(=O)N(C)Cc1ccncc1. The van der Waals surface area contributed by atoms with E-state index in [-0.39, 0.29) is 5.75 Å². The van der Waals surface area contributed by atoms with Crippen LogP contribution < -0.4 is 5.32 Å². The number of nitrogens with one attached hydrogen (secondary N) is 1. The van der Waals surface area contributed by atoms with E-state index in [1.807, 2.05) is 12.1 Å². The van der Waals surface area contributed by atoms with Gasteiger partial charge < -0.3 is 5.32 Å². The summed E-state index contributed by atoms with van der Waals surface area (Å²) in [4.78, 5) is 3.92. The molecule has 1 aromatic rings. The summed E-state index contributed by atoms with van der Waals surface area (Å²) >= 11 is 0. The first-order chi connectivity index (χ1) is 9.42. The molecule has 0 bridgehead atoms. The maximum atomic E-state index is 12.1. The first kappa shape index (κ1) is 17.1. The molecular weight excluding hydrogens is 274 g/mol. The second kappa shape index (κ2) is 8.34. The molecular formula is C14H25N3O2S. The van der Waals surface area contributed by atoms with E-state index < -0.39 is 10.0 Å². The first-order valence-electron chi connectivity index (χ1n) is 6.98. The summed E-state index contributed by atoms with van der Waals surface area (Å²) in [7, 11) is -1.55. The van der Waals surface area contributed by atoms with Gasteiger partial charge in [-0.15, -0.1) is 0 Å². The van der Waals surface area contributed by atoms with Gasteiger partial charge in [-0.05, 0) is 37.1 Å². The Labute approximate surface area is 122 Å². The molecule has 0 radical (unpaired) electrons. The second-order valence-electron chi connectivity index (χ2n) is 5.24. The van der Waals surface area contributed by atoms with Crippen molar-refractivity contribution in [3.63, 3.8) is 0 Å². The van der Waals surface area contributed by atoms with Gasteiger partial charge in [0.15, 0.2) is 0 Å². The zero-order valence-electron chi connectivity index (χ0n) is 12.5. The zero-order chi connectivity index (χ0) is 15.0. The van der Waals surface area contributed by atoms with Crippen LogP contribution >= 0.6 is 0 Å². The highest BCUT2D eigenvalue weighted by Crippen LogP contribution is 2.08. The molecule has 0 fully saturated rings. The van der Waals surface area contributed by atoms with Crippen LogP contribution in [0.25, 0.3) is 0 Å². The molecule has 114 valence electrons. The van der Waals surface area contributed by atoms with E-state index in [4.69, 9.17) is 0 Å². The number of nitrogens with zero attached hydrogens (tertiary/aromatic N) is 2. The lowest BCUT2D eigenvalue weighted by Crippen LogP contribution is -2.29. The Morgan fingerprint density at radius 1 is 1.25 bits per heavy atom. The van der Waals surface area contributed by atoms with Crippen molar-refractivity contribution in [2.45, 2.75) is 39.3 Å². The van der Waals surface area contributed by atoms with Crippen molar-refractivity contribution in [3.8, 4) is 0 Å². The van der Waals surface area contributed by atoms with Crippen LogP contribution in [-0.2, 0) is 16.6 Å². The Kier molecular flexibility index (Phi) is 7.12. The van der Waals surface area contributed by atoms with E-state index in [1.54, 1.807) is 19.4 Å². The fourth-order valence-electron chi connectivity index (χ4n) is 1.80. The van der Waals surface area contributed by atoms with Crippen molar-refractivity contribution in [2.75, 3.05) is 19.3 Å². The van der Waals surface area contributed by atoms with Crippen LogP contribution in [0.4, 0.5) is 0 Å². The summed E-state index contributed by atoms with van der Waals surface area (Å²) in [6.45, 7) is 5.43. The number of pyridine rings is 1. The van der Waals surface area contributed by atoms with Gasteiger partial charge in [0.1, 0.15) is 0 Å². The minimum absolute atomic E-state index is 0.203. The molecule has 0 aliphatic carbocycles. The smallest absolute Gasteiger partial charge is 0.214 e. The van der Waals surface area contributed by atoms with E-state index in [2.05, 4.69) is 24.1 Å². The minimum atomic E-state index is -3.17. The molecule has 0 unspecified atom stereocenters. The highest BCUT2D eigenvalue weighted by molar-refractivity contribution is 7.89. The number of unbranched alkanes of at least 4 members (excludes halogenated alkanes) is 1. The second-order valence-corrected chi connectivity index (χ2v) is 7.44. The van der Waals surface area contributed by atoms with Crippen molar-refractivity contribution < 1.29 is 8.42 Å². The van der Waals surface area contributed by atoms with Gasteiger partial charge in [0.05, 0.1) is 5.75 Å². The Balaban J connectivity index is 2.36. The van der Waals surface area contributed by atoms with Gasteiger partial charge in [0.2, 0.25) is 10.0 Å². The van der Waals surface area contributed by atoms with Crippen molar-refractivity contribution in [3.05, 3.63) is 30.1 Å². The molecule has 20 heavy (non-hydrogen) atoms. The van der Waals surface area contributed by atoms with Crippen LogP contribution in [0.1, 0.15) is 32.3 Å². The lowest BCUT2D eigenvalue weighted by Gasteiger charge is -2.17. The normalized spacial score (nSPS) is 12.2. The maximum absolute atomic E-state index is 12.1. The van der Waals surface area contributed by atoms with Gasteiger partial charge >= 0.3 is 0 Å². The largest absolute Gasteiger partial charge is 0.315 e. The standard InChI is InChI=1S/C14H25N3O2S/c1-13(2)16-8-4-5-11-20(18,19)17(3)12-14-6-9-15-10-7-14/h6-7,9-10,13,16H,4-5,8,11-12H2,1-3H3. The van der Waals surface area contributed by atoms with Crippen molar-refractivity contribution in [1.29, 1.82) is 0 Å². The van der Waals surface area contributed by atoms with Crippen molar-refractivity contribution in [1.82, 2.24) is 14.6 Å². The van der Waals surface area contributed by atoms with E-state index in [0.717, 1.165) is 18.5 Å². The van der Waals surface area contributed by atoms with E-state index in [9.17, 15) is 8.42 Å². The van der Waals surface area contributed by atoms with Crippen LogP contribution in [0.3, 0.4) is 0 Å². The number of aromatic nitrogens is 1. The van der Waals surface area contributed by atoms with Crippen LogP contribution in [0.15, 0.2) is 24.5 Å². The molecule has 1 heterocycles. The molecule has 0 atom stereocenters. The lowest BCUT2D eigenvalue weighted by molar-refractivity contribution is 0.463. The Bertz CT molecular complexity index is 474. The molecule has 1 N–H and O–H groups in total. The molecule has 0 aromatic carbocycles. The number of sulfonamides is 1. The molecule has 0 saturated heterocycles. The molecule has 1 rings (SSSR count). The third kappa shape index (κ3) is 6.45. The van der Waals surface area contributed by atoms with Gasteiger partial charge in [-0.3, -0.25) is 4.98 Å². The average Bonchev–Trinajstić information content (AvgIpc) is 2.39. The third-order valence-electron chi connectivity index (χ3n) is 3.01. The van der Waals surface area contributed by atoms with Crippen molar-refractivity contribution >= 4 is 10.0 Å². The molecule has 0 aliphatic heterocycles. The molecule has 1 aromatic heterocycles. The summed E-state index contributed by atoms with van der Waals surface area (Å²) in [5.41, 5.74) is 0.951. The Morgan fingerprint density at radius 3 is 2.50 bits per heavy atom. The van der Waals surface area contributed by atoms with E-state index in [0.29, 0.717) is 19.0 Å². The van der Waals surface area contributed by atoms with E-state index >= 15 is 0 Å². The highest BCUT2D eigenvalue weighted by Gasteiger charge is 2.17. The fourth-order valence-corrected chi connectivity index (χ4v) is 3.03. The predicted octanol–water partition coefficient (Wildman–Crippen LogP) is 1.62. The van der Waals surface area contributed by atoms with E-state index in [1.165, 1.54) is 4.31 Å². The van der Waals surface area contributed by atoms with Crippen LogP contribution in [0, 0.1) is 0 Å². The monoisotopic (exact) mass is 299 g/mol.